The van der Waals surface area contributed by atoms with Gasteiger partial charge in [0.1, 0.15) is 0 Å². The predicted octanol–water partition coefficient (Wildman–Crippen LogP) is -0.108. The monoisotopic (exact) mass is 139 g/mol. The number of aliphatic hydroxyl groups excluding tert-OH is 1. The maximum Gasteiger partial charge on any atom is 0.320 e. The molecule has 0 aromatic carbocycles. The van der Waals surface area contributed by atoms with Crippen molar-refractivity contribution in [3.8, 4) is 0 Å². The van der Waals surface area contributed by atoms with Crippen LogP contribution in [0.25, 0.3) is 0 Å². The molecule has 1 N–H and O–H groups in total. The predicted molar refractivity (Wildman–Crippen MR) is 26.6 cm³/mol. The van der Waals surface area contributed by atoms with E-state index in [4.69, 9.17) is 5.11 Å². The number of nitrogens with zero attached hydrogens (tertiary/aromatic N) is 1. The van der Waals surface area contributed by atoms with E-state index in [9.17, 15) is 8.42 Å². The highest BCUT2D eigenvalue weighted by Crippen LogP contribution is 1.67. The Kier molecular flexibility index (Phi) is 2.46. The van der Waals surface area contributed by atoms with Crippen molar-refractivity contribution >= 4 is 27.9 Å². The van der Waals surface area contributed by atoms with Crippen molar-refractivity contribution in [2.45, 2.75) is 0 Å². The molecule has 0 unspecified atom stereocenters. The largest absolute Gasteiger partial charge is 0.484 e. The molecule has 0 aliphatic carbocycles. The maximum absolute atomic E-state index is 9.40. The van der Waals surface area contributed by atoms with Crippen LogP contribution in [-0.2, 0) is 10.5 Å². The summed E-state index contributed by atoms with van der Waals surface area (Å²) in [4.78, 5) is 0. The summed E-state index contributed by atoms with van der Waals surface area (Å²) in [6.45, 7) is 0. The van der Waals surface area contributed by atoms with E-state index in [1.807, 2.05) is 0 Å². The molecule has 4 nitrogen and oxygen atoms in total. The van der Waals surface area contributed by atoms with Crippen LogP contribution < -0.4 is 0 Å². The number of aliphatic hydroxyl groups is 1. The Morgan fingerprint density at radius 3 is 2.14 bits per heavy atom. The fourth-order valence-corrected chi connectivity index (χ4v) is 0.374. The smallest absolute Gasteiger partial charge is 0.320 e. The van der Waals surface area contributed by atoms with Crippen molar-refractivity contribution in [2.24, 2.45) is 4.36 Å². The van der Waals surface area contributed by atoms with Gasteiger partial charge in [-0.3, -0.25) is 0 Å². The maximum atomic E-state index is 9.40. The second kappa shape index (κ2) is 2.64. The topological polar surface area (TPSA) is 66.7 Å². The molecule has 0 fully saturated rings. The van der Waals surface area contributed by atoms with Crippen molar-refractivity contribution in [2.75, 3.05) is 0 Å². The van der Waals surface area contributed by atoms with Crippen molar-refractivity contribution in [1.29, 1.82) is 0 Å². The summed E-state index contributed by atoms with van der Waals surface area (Å²) in [5, 5.41) is 7.03. The minimum absolute atomic E-state index is 0.867. The van der Waals surface area contributed by atoms with E-state index >= 15 is 0 Å². The zero-order valence-corrected chi connectivity index (χ0v) is 4.66. The average Bonchev–Trinajstić information content (AvgIpc) is 1.27. The van der Waals surface area contributed by atoms with Crippen molar-refractivity contribution in [3.05, 3.63) is 0 Å². The highest BCUT2D eigenvalue weighted by Gasteiger charge is 1.78. The van der Waals surface area contributed by atoms with Gasteiger partial charge in [-0.05, 0) is 12.2 Å². The minimum Gasteiger partial charge on any atom is -0.484 e. The van der Waals surface area contributed by atoms with Gasteiger partial charge < -0.3 is 5.11 Å². The van der Waals surface area contributed by atoms with E-state index in [0.29, 0.717) is 0 Å². The second-order valence-electron chi connectivity index (χ2n) is 0.591. The Morgan fingerprint density at radius 1 is 1.71 bits per heavy atom. The Bertz CT molecular complexity index is 181. The average molecular weight is 139 g/mol. The number of thiocarbonyl (C=S) groups is 1. The normalized spacial score (nSPS) is 7.43. The summed E-state index contributed by atoms with van der Waals surface area (Å²) in [5.74, 6) is 0. The summed E-state index contributed by atoms with van der Waals surface area (Å²) in [7, 11) is -2.61. The quantitative estimate of drug-likeness (QED) is 0.475. The van der Waals surface area contributed by atoms with E-state index in [1.54, 1.807) is 0 Å². The molecule has 7 heavy (non-hydrogen) atoms. The first kappa shape index (κ1) is 6.51. The lowest BCUT2D eigenvalue weighted by molar-refractivity contribution is 0.559. The van der Waals surface area contributed by atoms with E-state index in [2.05, 4.69) is 16.6 Å². The number of hydrogen-bond acceptors (Lipinski definition) is 3. The van der Waals surface area contributed by atoms with E-state index in [-0.39, 0.29) is 0 Å². The van der Waals surface area contributed by atoms with Crippen LogP contribution in [0.2, 0.25) is 0 Å². The van der Waals surface area contributed by atoms with Crippen LogP contribution in [0, 0.1) is 0 Å². The molecule has 0 spiro atoms. The van der Waals surface area contributed by atoms with Crippen molar-refractivity contribution in [3.63, 3.8) is 0 Å². The highest BCUT2D eigenvalue weighted by molar-refractivity contribution is 7.80. The Morgan fingerprint density at radius 2 is 2.14 bits per heavy atom. The molecule has 0 heterocycles. The van der Waals surface area contributed by atoms with Gasteiger partial charge in [0.2, 0.25) is 0 Å². The lowest BCUT2D eigenvalue weighted by Gasteiger charge is -1.67. The Hall–Kier alpha value is -0.490. The first-order valence-corrected chi connectivity index (χ1v) is 2.61. The van der Waals surface area contributed by atoms with Crippen LogP contribution in [-0.4, -0.2) is 18.7 Å². The fourth-order valence-electron chi connectivity index (χ4n) is 0.0638. The van der Waals surface area contributed by atoms with Crippen molar-refractivity contribution in [1.82, 2.24) is 0 Å². The summed E-state index contributed by atoms with van der Waals surface area (Å²) >= 11 is 3.87. The molecule has 0 bridgehead atoms. The molecule has 0 saturated carbocycles. The molecule has 0 radical (unpaired) electrons. The fraction of sp³-hybridized carbons (Fsp3) is 0. The third-order valence-electron chi connectivity index (χ3n) is 0.153. The van der Waals surface area contributed by atoms with E-state index in [0.717, 1.165) is 0 Å². The Balaban J connectivity index is 4.26. The zero-order valence-electron chi connectivity index (χ0n) is 3.03. The third kappa shape index (κ3) is 5.51. The molecular weight excluding hydrogens is 138 g/mol. The molecule has 0 aliphatic rings. The van der Waals surface area contributed by atoms with Gasteiger partial charge in [0.25, 0.3) is 5.17 Å². The summed E-state index contributed by atoms with van der Waals surface area (Å²) in [6, 6.07) is 0. The van der Waals surface area contributed by atoms with Crippen LogP contribution >= 0.6 is 12.2 Å². The molecule has 40 valence electrons. The van der Waals surface area contributed by atoms with Gasteiger partial charge in [-0.1, -0.05) is 4.36 Å². The molecule has 0 aliphatic heterocycles. The molecule has 0 aromatic heterocycles. The van der Waals surface area contributed by atoms with Gasteiger partial charge in [-0.2, -0.15) is 8.42 Å². The third-order valence-corrected chi connectivity index (χ3v) is 0.681. The molecule has 0 saturated heterocycles. The van der Waals surface area contributed by atoms with Crippen LogP contribution in [0.5, 0.6) is 0 Å². The zero-order chi connectivity index (χ0) is 5.86. The molecular formula is CHNO3S2. The molecule has 0 aromatic rings. The van der Waals surface area contributed by atoms with Gasteiger partial charge in [0, 0.05) is 0 Å². The summed E-state index contributed by atoms with van der Waals surface area (Å²) in [5.41, 5.74) is 0. The second-order valence-corrected chi connectivity index (χ2v) is 1.57. The van der Waals surface area contributed by atoms with Gasteiger partial charge in [0.05, 0.1) is 0 Å². The van der Waals surface area contributed by atoms with Gasteiger partial charge >= 0.3 is 10.5 Å². The summed E-state index contributed by atoms with van der Waals surface area (Å²) in [6.07, 6.45) is 0. The number of hydrogen-bond donors (Lipinski definition) is 1. The van der Waals surface area contributed by atoms with Crippen LogP contribution in [0.15, 0.2) is 4.36 Å². The Labute approximate surface area is 46.5 Å². The summed E-state index contributed by atoms with van der Waals surface area (Å²) < 4.78 is 21.3. The molecule has 0 amide bonds. The van der Waals surface area contributed by atoms with Gasteiger partial charge in [-0.25, -0.2) is 0 Å². The van der Waals surface area contributed by atoms with Gasteiger partial charge in [0.15, 0.2) is 0 Å². The number of rotatable bonds is 0. The van der Waals surface area contributed by atoms with E-state index in [1.165, 1.54) is 0 Å². The standard InChI is InChI=1S/CHNO3S2/c3-1(6)2-7(4)5/h(H,3,6). The van der Waals surface area contributed by atoms with E-state index < -0.39 is 15.7 Å². The lowest BCUT2D eigenvalue weighted by atomic mass is 11.4. The molecule has 0 rings (SSSR count). The van der Waals surface area contributed by atoms with Crippen LogP contribution in [0.1, 0.15) is 0 Å². The molecule has 0 atom stereocenters. The molecule has 6 heteroatoms. The first-order chi connectivity index (χ1) is 3.13. The minimum atomic E-state index is -2.61. The van der Waals surface area contributed by atoms with Gasteiger partial charge in [-0.15, -0.1) is 0 Å². The van der Waals surface area contributed by atoms with Crippen molar-refractivity contribution < 1.29 is 13.5 Å². The highest BCUT2D eigenvalue weighted by atomic mass is 32.2. The lowest BCUT2D eigenvalue weighted by Crippen LogP contribution is -1.80. The van der Waals surface area contributed by atoms with Crippen LogP contribution in [0.3, 0.4) is 0 Å². The first-order valence-electron chi connectivity index (χ1n) is 1.17. The van der Waals surface area contributed by atoms with Crippen LogP contribution in [0.4, 0.5) is 0 Å². The SMILES string of the molecule is O=S(=O)=NC(O)=S.